The number of fused-ring (bicyclic) bond motifs is 2. The maximum Gasteiger partial charge on any atom is 0.404 e. The molecule has 2 aliphatic carbocycles. The molecule has 0 unspecified atom stereocenters. The summed E-state index contributed by atoms with van der Waals surface area (Å²) in [4.78, 5) is 0. The lowest BCUT2D eigenvalue weighted by molar-refractivity contribution is -0.107. The quantitative estimate of drug-likeness (QED) is 0.293. The van der Waals surface area contributed by atoms with Gasteiger partial charge in [-0.05, 0) is 84.9 Å². The second-order valence-corrected chi connectivity index (χ2v) is 12.7. The van der Waals surface area contributed by atoms with Crippen molar-refractivity contribution in [1.29, 1.82) is 0 Å². The minimum absolute atomic E-state index is 0.0344. The van der Waals surface area contributed by atoms with Crippen molar-refractivity contribution in [2.24, 2.45) is 11.3 Å². The molecule has 0 N–H and O–H groups in total. The summed E-state index contributed by atoms with van der Waals surface area (Å²) in [6.45, 7) is 2.16. The third-order valence-electron chi connectivity index (χ3n) is 8.10. The Morgan fingerprint density at radius 3 is 2.51 bits per heavy atom. The molecule has 2 atom stereocenters. The van der Waals surface area contributed by atoms with Gasteiger partial charge in [0.15, 0.2) is 5.75 Å². The van der Waals surface area contributed by atoms with E-state index in [0.717, 1.165) is 38.8 Å². The fourth-order valence-corrected chi connectivity index (χ4v) is 7.42. The van der Waals surface area contributed by atoms with Crippen LogP contribution in [0.5, 0.6) is 0 Å². The zero-order chi connectivity index (χ0) is 27.8. The predicted octanol–water partition coefficient (Wildman–Crippen LogP) is 6.19. The second-order valence-electron chi connectivity index (χ2n) is 10.8. The maximum absolute atomic E-state index is 13.4. The summed E-state index contributed by atoms with van der Waals surface area (Å²) < 4.78 is 81.9. The van der Waals surface area contributed by atoms with Gasteiger partial charge in [-0.3, -0.25) is 0 Å². The van der Waals surface area contributed by atoms with Crippen LogP contribution in [0, 0.1) is 17.2 Å². The molecule has 2 aliphatic rings. The topological polar surface area (TPSA) is 55.2 Å². The molecule has 2 aromatic carbocycles. The SMILES string of the molecule is C[C@]12Cc3cnn(-c4ccc(F)cc4)c3C=C1CC[C@@H]2CN(CCCc1ccccc1)S(=O)(=O)CC(F)(F)F. The highest BCUT2D eigenvalue weighted by molar-refractivity contribution is 7.89. The van der Waals surface area contributed by atoms with E-state index in [1.54, 1.807) is 23.0 Å². The number of sulfonamides is 1. The van der Waals surface area contributed by atoms with Gasteiger partial charge < -0.3 is 0 Å². The van der Waals surface area contributed by atoms with E-state index in [2.05, 4.69) is 18.1 Å². The van der Waals surface area contributed by atoms with Crippen LogP contribution in [-0.2, 0) is 22.9 Å². The molecule has 1 aromatic heterocycles. The van der Waals surface area contributed by atoms with Gasteiger partial charge in [0.1, 0.15) is 5.82 Å². The molecule has 5 nitrogen and oxygen atoms in total. The Morgan fingerprint density at radius 2 is 1.82 bits per heavy atom. The van der Waals surface area contributed by atoms with Crippen LogP contribution < -0.4 is 0 Å². The van der Waals surface area contributed by atoms with Crippen LogP contribution >= 0.6 is 0 Å². The standard InChI is InChI=1S/C29H31F4N3O2S/c1-28-17-22-18-34-36(26-13-11-25(30)12-14-26)27(22)16-23(28)9-10-24(28)19-35(39(37,38)20-29(31,32)33)15-5-8-21-6-3-2-4-7-21/h2-4,6-7,11-14,16,18,24H,5,8-10,15,17,19-20H2,1H3/t24-,28+/m1/s1. The number of alkyl halides is 3. The molecule has 5 rings (SSSR count). The second kappa shape index (κ2) is 10.5. The van der Waals surface area contributed by atoms with Crippen LogP contribution in [-0.4, -0.2) is 47.5 Å². The van der Waals surface area contributed by atoms with Gasteiger partial charge in [0, 0.05) is 13.1 Å². The average molecular weight is 562 g/mol. The highest BCUT2D eigenvalue weighted by Crippen LogP contribution is 2.53. The van der Waals surface area contributed by atoms with E-state index in [1.165, 1.54) is 12.1 Å². The van der Waals surface area contributed by atoms with Gasteiger partial charge in [-0.1, -0.05) is 42.8 Å². The molecule has 1 saturated carbocycles. The Balaban J connectivity index is 1.37. The lowest BCUT2D eigenvalue weighted by Crippen LogP contribution is -2.44. The highest BCUT2D eigenvalue weighted by atomic mass is 32.2. The third kappa shape index (κ3) is 5.96. The summed E-state index contributed by atoms with van der Waals surface area (Å²) in [6.07, 6.45) is 2.07. The lowest BCUT2D eigenvalue weighted by atomic mass is 9.70. The summed E-state index contributed by atoms with van der Waals surface area (Å²) in [5, 5.41) is 4.51. The number of rotatable bonds is 9. The van der Waals surface area contributed by atoms with E-state index in [9.17, 15) is 26.0 Å². The monoisotopic (exact) mass is 561 g/mol. The van der Waals surface area contributed by atoms with Crippen molar-refractivity contribution < 1.29 is 26.0 Å². The molecule has 208 valence electrons. The fourth-order valence-electron chi connectivity index (χ4n) is 6.01. The summed E-state index contributed by atoms with van der Waals surface area (Å²) in [5.74, 6) is -2.32. The van der Waals surface area contributed by atoms with E-state index in [4.69, 9.17) is 0 Å². The zero-order valence-corrected chi connectivity index (χ0v) is 22.5. The molecule has 0 aliphatic heterocycles. The van der Waals surface area contributed by atoms with E-state index >= 15 is 0 Å². The Labute approximate surface area is 226 Å². The normalized spacial score (nSPS) is 21.1. The number of benzene rings is 2. The van der Waals surface area contributed by atoms with E-state index < -0.39 is 27.4 Å². The number of nitrogens with zero attached hydrogens (tertiary/aromatic N) is 3. The number of aromatic nitrogens is 2. The van der Waals surface area contributed by atoms with Crippen molar-refractivity contribution in [3.8, 4) is 5.69 Å². The molecule has 1 heterocycles. The first-order chi connectivity index (χ1) is 18.4. The number of hydrogen-bond acceptors (Lipinski definition) is 3. The number of halogens is 4. The van der Waals surface area contributed by atoms with Gasteiger partial charge in [-0.25, -0.2) is 21.8 Å². The number of aryl methyl sites for hydroxylation is 1. The summed E-state index contributed by atoms with van der Waals surface area (Å²) in [7, 11) is -4.54. The molecular weight excluding hydrogens is 530 g/mol. The smallest absolute Gasteiger partial charge is 0.233 e. The molecule has 0 radical (unpaired) electrons. The van der Waals surface area contributed by atoms with Gasteiger partial charge in [0.25, 0.3) is 0 Å². The predicted molar refractivity (Wildman–Crippen MR) is 142 cm³/mol. The largest absolute Gasteiger partial charge is 0.404 e. The molecule has 0 saturated heterocycles. The molecule has 39 heavy (non-hydrogen) atoms. The van der Waals surface area contributed by atoms with Crippen LogP contribution in [0.25, 0.3) is 11.8 Å². The fraction of sp³-hybridized carbons (Fsp3) is 0.414. The molecule has 0 bridgehead atoms. The van der Waals surface area contributed by atoms with Gasteiger partial charge >= 0.3 is 6.18 Å². The van der Waals surface area contributed by atoms with Crippen molar-refractivity contribution in [3.05, 3.63) is 89.0 Å². The average Bonchev–Trinajstić information content (AvgIpc) is 3.41. The number of hydrogen-bond donors (Lipinski definition) is 0. The van der Waals surface area contributed by atoms with Crippen molar-refractivity contribution in [3.63, 3.8) is 0 Å². The number of allylic oxidation sites excluding steroid dienone is 1. The van der Waals surface area contributed by atoms with Gasteiger partial charge in [0.2, 0.25) is 10.0 Å². The summed E-state index contributed by atoms with van der Waals surface area (Å²) >= 11 is 0. The zero-order valence-electron chi connectivity index (χ0n) is 21.7. The van der Waals surface area contributed by atoms with Crippen LogP contribution in [0.4, 0.5) is 17.6 Å². The molecule has 3 aromatic rings. The van der Waals surface area contributed by atoms with Crippen LogP contribution in [0.1, 0.15) is 43.0 Å². The van der Waals surface area contributed by atoms with Gasteiger partial charge in [-0.2, -0.15) is 18.3 Å². The molecular formula is C29H31F4N3O2S. The van der Waals surface area contributed by atoms with Crippen molar-refractivity contribution in [2.45, 2.75) is 45.2 Å². The Kier molecular flexibility index (Phi) is 7.45. The first kappa shape index (κ1) is 27.6. The molecule has 1 fully saturated rings. The van der Waals surface area contributed by atoms with E-state index in [1.807, 2.05) is 30.3 Å². The summed E-state index contributed by atoms with van der Waals surface area (Å²) in [5.41, 5.74) is 4.37. The molecule has 0 spiro atoms. The first-order valence-electron chi connectivity index (χ1n) is 13.1. The maximum atomic E-state index is 13.4. The van der Waals surface area contributed by atoms with Gasteiger partial charge in [-0.15, -0.1) is 0 Å². The van der Waals surface area contributed by atoms with Crippen LogP contribution in [0.3, 0.4) is 0 Å². The lowest BCUT2D eigenvalue weighted by Gasteiger charge is -2.38. The van der Waals surface area contributed by atoms with E-state index in [0.29, 0.717) is 25.7 Å². The first-order valence-corrected chi connectivity index (χ1v) is 14.7. The van der Waals surface area contributed by atoms with Crippen molar-refractivity contribution >= 4 is 16.1 Å². The molecule has 10 heteroatoms. The third-order valence-corrected chi connectivity index (χ3v) is 9.91. The van der Waals surface area contributed by atoms with Crippen LogP contribution in [0.15, 0.2) is 66.4 Å². The molecule has 0 amide bonds. The minimum Gasteiger partial charge on any atom is -0.233 e. The van der Waals surface area contributed by atoms with E-state index in [-0.39, 0.29) is 24.8 Å². The van der Waals surface area contributed by atoms with Crippen molar-refractivity contribution in [2.75, 3.05) is 18.8 Å². The van der Waals surface area contributed by atoms with Crippen molar-refractivity contribution in [1.82, 2.24) is 14.1 Å². The minimum atomic E-state index is -4.81. The summed E-state index contributed by atoms with van der Waals surface area (Å²) in [6, 6.07) is 15.6. The Morgan fingerprint density at radius 1 is 1.10 bits per heavy atom. The van der Waals surface area contributed by atoms with Crippen LogP contribution in [0.2, 0.25) is 0 Å². The van der Waals surface area contributed by atoms with Gasteiger partial charge in [0.05, 0.1) is 17.6 Å². The highest BCUT2D eigenvalue weighted by Gasteiger charge is 2.48. The Hall–Kier alpha value is -2.98. The Bertz CT molecular complexity index is 1450.